The second kappa shape index (κ2) is 5.17. The number of aryl methyl sites for hydroxylation is 2. The molecule has 0 fully saturated rings. The normalized spacial score (nSPS) is 13.3. The minimum Gasteiger partial charge on any atom is -0.240 e. The summed E-state index contributed by atoms with van der Waals surface area (Å²) in [5.41, 5.74) is 6.30. The van der Waals surface area contributed by atoms with Gasteiger partial charge < -0.3 is 0 Å². The van der Waals surface area contributed by atoms with E-state index in [9.17, 15) is 0 Å². The molecule has 21 heavy (non-hydrogen) atoms. The molecule has 0 N–H and O–H groups in total. The predicted octanol–water partition coefficient (Wildman–Crippen LogP) is 3.48. The first-order valence-electron chi connectivity index (χ1n) is 7.46. The number of benzene rings is 2. The Balaban J connectivity index is 1.82. The van der Waals surface area contributed by atoms with E-state index in [0.29, 0.717) is 0 Å². The molecule has 104 valence electrons. The average molecular weight is 275 g/mol. The molecule has 0 amide bonds. The second-order valence-electron chi connectivity index (χ2n) is 5.54. The monoisotopic (exact) mass is 275 g/mol. The van der Waals surface area contributed by atoms with Crippen molar-refractivity contribution in [1.82, 2.24) is 15.0 Å². The molecular formula is C18H17N3. The zero-order valence-electron chi connectivity index (χ0n) is 11.9. The third kappa shape index (κ3) is 2.25. The van der Waals surface area contributed by atoms with Gasteiger partial charge in [-0.1, -0.05) is 59.8 Å². The van der Waals surface area contributed by atoms with Crippen LogP contribution in [0.5, 0.6) is 0 Å². The van der Waals surface area contributed by atoms with Crippen LogP contribution >= 0.6 is 0 Å². The van der Waals surface area contributed by atoms with Crippen molar-refractivity contribution in [1.29, 1.82) is 0 Å². The molecule has 0 bridgehead atoms. The first-order valence-corrected chi connectivity index (χ1v) is 7.46. The van der Waals surface area contributed by atoms with Crippen LogP contribution in [-0.2, 0) is 19.4 Å². The Hall–Kier alpha value is -2.42. The smallest absolute Gasteiger partial charge is 0.0924 e. The molecule has 1 aliphatic carbocycles. The molecule has 4 rings (SSSR count). The highest BCUT2D eigenvalue weighted by molar-refractivity contribution is 5.67. The lowest BCUT2D eigenvalue weighted by molar-refractivity contribution is 0.652. The van der Waals surface area contributed by atoms with Crippen molar-refractivity contribution in [3.63, 3.8) is 0 Å². The van der Waals surface area contributed by atoms with Crippen molar-refractivity contribution in [2.75, 3.05) is 0 Å². The van der Waals surface area contributed by atoms with E-state index in [4.69, 9.17) is 0 Å². The maximum absolute atomic E-state index is 4.42. The molecule has 1 aliphatic rings. The molecule has 0 radical (unpaired) electrons. The summed E-state index contributed by atoms with van der Waals surface area (Å²) >= 11 is 0. The van der Waals surface area contributed by atoms with E-state index < -0.39 is 0 Å². The first kappa shape index (κ1) is 12.3. The summed E-state index contributed by atoms with van der Waals surface area (Å²) in [5.74, 6) is 0. The Kier molecular flexibility index (Phi) is 3.03. The largest absolute Gasteiger partial charge is 0.240 e. The van der Waals surface area contributed by atoms with Gasteiger partial charge in [-0.25, -0.2) is 4.68 Å². The Morgan fingerprint density at radius 2 is 1.71 bits per heavy atom. The van der Waals surface area contributed by atoms with Crippen LogP contribution in [0, 0.1) is 0 Å². The van der Waals surface area contributed by atoms with Crippen LogP contribution in [0.4, 0.5) is 0 Å². The van der Waals surface area contributed by atoms with Gasteiger partial charge in [0.25, 0.3) is 0 Å². The highest BCUT2D eigenvalue weighted by atomic mass is 15.4. The summed E-state index contributed by atoms with van der Waals surface area (Å²) in [4.78, 5) is 0. The molecule has 0 aliphatic heterocycles. The van der Waals surface area contributed by atoms with Gasteiger partial charge in [-0.2, -0.15) is 0 Å². The van der Waals surface area contributed by atoms with E-state index >= 15 is 0 Å². The molecule has 0 atom stereocenters. The van der Waals surface area contributed by atoms with Gasteiger partial charge in [-0.15, -0.1) is 5.10 Å². The topological polar surface area (TPSA) is 30.7 Å². The number of hydrogen-bond donors (Lipinski definition) is 0. The average Bonchev–Trinajstić information content (AvgIpc) is 2.82. The van der Waals surface area contributed by atoms with Gasteiger partial charge in [0.15, 0.2) is 0 Å². The summed E-state index contributed by atoms with van der Waals surface area (Å²) in [7, 11) is 0. The highest BCUT2D eigenvalue weighted by Crippen LogP contribution is 2.31. The minimum atomic E-state index is 0.775. The van der Waals surface area contributed by atoms with Crippen LogP contribution in [0.15, 0.2) is 54.6 Å². The molecule has 0 saturated heterocycles. The van der Waals surface area contributed by atoms with E-state index in [1.54, 1.807) is 0 Å². The number of nitrogens with zero attached hydrogens (tertiary/aromatic N) is 3. The number of hydrogen-bond acceptors (Lipinski definition) is 2. The van der Waals surface area contributed by atoms with Crippen molar-refractivity contribution in [3.05, 3.63) is 71.4 Å². The van der Waals surface area contributed by atoms with Crippen molar-refractivity contribution >= 4 is 0 Å². The molecular weight excluding hydrogens is 258 g/mol. The van der Waals surface area contributed by atoms with Crippen LogP contribution in [0.25, 0.3) is 11.3 Å². The van der Waals surface area contributed by atoms with Gasteiger partial charge >= 0.3 is 0 Å². The maximum atomic E-state index is 4.42. The van der Waals surface area contributed by atoms with Gasteiger partial charge in [0, 0.05) is 5.56 Å². The maximum Gasteiger partial charge on any atom is 0.0924 e. The fraction of sp³-hybridized carbons (Fsp3) is 0.222. The van der Waals surface area contributed by atoms with Crippen molar-refractivity contribution in [3.8, 4) is 11.3 Å². The summed E-state index contributed by atoms with van der Waals surface area (Å²) < 4.78 is 2.05. The first-order chi connectivity index (χ1) is 10.4. The Morgan fingerprint density at radius 1 is 0.905 bits per heavy atom. The molecule has 0 unspecified atom stereocenters. The van der Waals surface area contributed by atoms with Gasteiger partial charge in [-0.05, 0) is 30.4 Å². The Morgan fingerprint density at radius 3 is 2.62 bits per heavy atom. The van der Waals surface area contributed by atoms with Crippen LogP contribution in [0.3, 0.4) is 0 Å². The second-order valence-corrected chi connectivity index (χ2v) is 5.54. The van der Waals surface area contributed by atoms with Crippen molar-refractivity contribution in [2.24, 2.45) is 0 Å². The summed E-state index contributed by atoms with van der Waals surface area (Å²) in [5, 5.41) is 8.83. The van der Waals surface area contributed by atoms with Crippen LogP contribution in [-0.4, -0.2) is 15.0 Å². The van der Waals surface area contributed by atoms with Crippen LogP contribution in [0.2, 0.25) is 0 Å². The summed E-state index contributed by atoms with van der Waals surface area (Å²) in [6.07, 6.45) is 3.28. The van der Waals surface area contributed by atoms with Gasteiger partial charge in [0.2, 0.25) is 0 Å². The quantitative estimate of drug-likeness (QED) is 0.717. The van der Waals surface area contributed by atoms with E-state index in [0.717, 1.165) is 31.5 Å². The SMILES string of the molecule is c1ccc(Cn2nnc3c2-c2ccccc2CCC3)cc1. The third-order valence-electron chi connectivity index (χ3n) is 4.11. The lowest BCUT2D eigenvalue weighted by Gasteiger charge is -2.10. The Bertz CT molecular complexity index is 759. The van der Waals surface area contributed by atoms with E-state index in [-0.39, 0.29) is 0 Å². The van der Waals surface area contributed by atoms with E-state index in [2.05, 4.69) is 63.5 Å². The molecule has 3 heteroatoms. The molecule has 2 aromatic carbocycles. The van der Waals surface area contributed by atoms with Crippen molar-refractivity contribution in [2.45, 2.75) is 25.8 Å². The van der Waals surface area contributed by atoms with Gasteiger partial charge in [0.05, 0.1) is 17.9 Å². The lowest BCUT2D eigenvalue weighted by Crippen LogP contribution is -2.05. The molecule has 3 nitrogen and oxygen atoms in total. The molecule has 1 aromatic heterocycles. The Labute approximate surface area is 124 Å². The fourth-order valence-corrected chi connectivity index (χ4v) is 3.09. The van der Waals surface area contributed by atoms with Crippen LogP contribution in [0.1, 0.15) is 23.2 Å². The van der Waals surface area contributed by atoms with E-state index in [1.807, 2.05) is 6.07 Å². The van der Waals surface area contributed by atoms with Gasteiger partial charge in [-0.3, -0.25) is 0 Å². The fourth-order valence-electron chi connectivity index (χ4n) is 3.09. The minimum absolute atomic E-state index is 0.775. The predicted molar refractivity (Wildman–Crippen MR) is 83.0 cm³/mol. The van der Waals surface area contributed by atoms with Crippen molar-refractivity contribution < 1.29 is 0 Å². The molecule has 0 saturated carbocycles. The summed E-state index contributed by atoms with van der Waals surface area (Å²) in [6.45, 7) is 0.775. The highest BCUT2D eigenvalue weighted by Gasteiger charge is 2.20. The number of rotatable bonds is 2. The third-order valence-corrected chi connectivity index (χ3v) is 4.11. The summed E-state index contributed by atoms with van der Waals surface area (Å²) in [6, 6.07) is 19.1. The molecule has 0 spiro atoms. The van der Waals surface area contributed by atoms with E-state index in [1.165, 1.54) is 22.4 Å². The zero-order valence-corrected chi connectivity index (χ0v) is 11.9. The standard InChI is InChI=1S/C18H17N3/c1-2-7-14(8-3-1)13-21-18-16-11-5-4-9-15(16)10-6-12-17(18)19-20-21/h1-5,7-9,11H,6,10,12-13H2. The lowest BCUT2D eigenvalue weighted by atomic mass is 10.0. The molecule has 3 aromatic rings. The van der Waals surface area contributed by atoms with Gasteiger partial charge in [0.1, 0.15) is 0 Å². The molecule has 1 heterocycles. The number of aromatic nitrogens is 3. The number of fused-ring (bicyclic) bond motifs is 3. The zero-order chi connectivity index (χ0) is 14.1. The van der Waals surface area contributed by atoms with Crippen LogP contribution < -0.4 is 0 Å².